The maximum atomic E-state index is 13.1. The number of alkyl halides is 3. The van der Waals surface area contributed by atoms with Crippen molar-refractivity contribution in [2.24, 2.45) is 10.9 Å². The summed E-state index contributed by atoms with van der Waals surface area (Å²) in [7, 11) is -1.54. The molecule has 0 saturated carbocycles. The molecular formula is C15H20F4IN3O2S. The molecule has 1 aromatic rings. The molecule has 1 heterocycles. The number of guanidine groups is 1. The molecule has 0 amide bonds. The molecule has 0 spiro atoms. The first kappa shape index (κ1) is 22.9. The third kappa shape index (κ3) is 6.56. The van der Waals surface area contributed by atoms with Crippen molar-refractivity contribution >= 4 is 39.8 Å². The molecule has 26 heavy (non-hydrogen) atoms. The van der Waals surface area contributed by atoms with Gasteiger partial charge in [-0.1, -0.05) is 6.07 Å². The summed E-state index contributed by atoms with van der Waals surface area (Å²) in [6.45, 7) is 0.159. The SMILES string of the molecule is CN=C(NCc1ccc(F)cc1C(F)(F)F)NCC1CCS(=O)(=O)C1.I. The zero-order valence-corrected chi connectivity index (χ0v) is 17.1. The van der Waals surface area contributed by atoms with Crippen LogP contribution in [0.1, 0.15) is 17.5 Å². The minimum atomic E-state index is -4.66. The van der Waals surface area contributed by atoms with Gasteiger partial charge in [-0.05, 0) is 30.0 Å². The summed E-state index contributed by atoms with van der Waals surface area (Å²) < 4.78 is 74.8. The topological polar surface area (TPSA) is 70.6 Å². The van der Waals surface area contributed by atoms with Gasteiger partial charge in [-0.3, -0.25) is 4.99 Å². The molecule has 1 aliphatic rings. The summed E-state index contributed by atoms with van der Waals surface area (Å²) in [6.07, 6.45) is -4.11. The van der Waals surface area contributed by atoms with Crippen LogP contribution in [0.3, 0.4) is 0 Å². The van der Waals surface area contributed by atoms with Crippen LogP contribution in [0.2, 0.25) is 0 Å². The van der Waals surface area contributed by atoms with Gasteiger partial charge < -0.3 is 10.6 Å². The second-order valence-corrected chi connectivity index (χ2v) is 8.10. The van der Waals surface area contributed by atoms with Gasteiger partial charge in [-0.15, -0.1) is 24.0 Å². The van der Waals surface area contributed by atoms with Crippen LogP contribution in [0.25, 0.3) is 0 Å². The van der Waals surface area contributed by atoms with Crippen LogP contribution in [0, 0.1) is 11.7 Å². The Morgan fingerprint density at radius 3 is 2.54 bits per heavy atom. The first-order valence-corrected chi connectivity index (χ1v) is 9.43. The molecule has 0 radical (unpaired) electrons. The number of nitrogens with zero attached hydrogens (tertiary/aromatic N) is 1. The molecule has 1 aliphatic heterocycles. The van der Waals surface area contributed by atoms with Crippen molar-refractivity contribution in [2.75, 3.05) is 25.1 Å². The molecule has 1 fully saturated rings. The van der Waals surface area contributed by atoms with Gasteiger partial charge in [-0.25, -0.2) is 12.8 Å². The largest absolute Gasteiger partial charge is 0.416 e. The van der Waals surface area contributed by atoms with E-state index in [0.717, 1.165) is 12.1 Å². The van der Waals surface area contributed by atoms with Crippen LogP contribution in [0.5, 0.6) is 0 Å². The molecule has 0 aromatic heterocycles. The maximum Gasteiger partial charge on any atom is 0.416 e. The average molecular weight is 509 g/mol. The third-order valence-electron chi connectivity index (χ3n) is 3.93. The van der Waals surface area contributed by atoms with Gasteiger partial charge in [0.05, 0.1) is 17.1 Å². The van der Waals surface area contributed by atoms with Crippen LogP contribution >= 0.6 is 24.0 Å². The molecule has 1 atom stereocenters. The minimum absolute atomic E-state index is 0. The van der Waals surface area contributed by atoms with Crippen molar-refractivity contribution in [3.8, 4) is 0 Å². The summed E-state index contributed by atoms with van der Waals surface area (Å²) in [5.74, 6) is -0.522. The van der Waals surface area contributed by atoms with E-state index in [1.165, 1.54) is 7.05 Å². The second kappa shape index (κ2) is 9.20. The number of benzene rings is 1. The number of hydrogen-bond acceptors (Lipinski definition) is 3. The van der Waals surface area contributed by atoms with Gasteiger partial charge >= 0.3 is 6.18 Å². The Morgan fingerprint density at radius 1 is 1.31 bits per heavy atom. The summed E-state index contributed by atoms with van der Waals surface area (Å²) in [4.78, 5) is 3.90. The Hall–Kier alpha value is -1.11. The molecule has 1 aromatic carbocycles. The molecule has 2 N–H and O–H groups in total. The highest BCUT2D eigenvalue weighted by atomic mass is 127. The maximum absolute atomic E-state index is 13.1. The lowest BCUT2D eigenvalue weighted by Crippen LogP contribution is -2.39. The van der Waals surface area contributed by atoms with Crippen LogP contribution < -0.4 is 10.6 Å². The average Bonchev–Trinajstić information content (AvgIpc) is 2.87. The van der Waals surface area contributed by atoms with E-state index in [1.54, 1.807) is 0 Å². The van der Waals surface area contributed by atoms with E-state index >= 15 is 0 Å². The van der Waals surface area contributed by atoms with E-state index in [1.807, 2.05) is 0 Å². The fraction of sp³-hybridized carbons (Fsp3) is 0.533. The highest BCUT2D eigenvalue weighted by molar-refractivity contribution is 14.0. The molecule has 1 saturated heterocycles. The molecule has 0 aliphatic carbocycles. The van der Waals surface area contributed by atoms with Gasteiger partial charge in [0.2, 0.25) is 0 Å². The van der Waals surface area contributed by atoms with Crippen LogP contribution in [0.4, 0.5) is 17.6 Å². The van der Waals surface area contributed by atoms with Crippen molar-refractivity contribution in [1.29, 1.82) is 0 Å². The number of aliphatic imine (C=N–C) groups is 1. The van der Waals surface area contributed by atoms with Gasteiger partial charge in [0.25, 0.3) is 0 Å². The number of nitrogens with one attached hydrogen (secondary N) is 2. The normalized spacial score (nSPS) is 19.7. The predicted octanol–water partition coefficient (Wildman–Crippen LogP) is 2.56. The van der Waals surface area contributed by atoms with E-state index in [0.29, 0.717) is 19.0 Å². The van der Waals surface area contributed by atoms with E-state index in [2.05, 4.69) is 15.6 Å². The number of sulfone groups is 1. The van der Waals surface area contributed by atoms with Crippen molar-refractivity contribution < 1.29 is 26.0 Å². The van der Waals surface area contributed by atoms with Gasteiger partial charge in [0, 0.05) is 20.1 Å². The third-order valence-corrected chi connectivity index (χ3v) is 5.77. The van der Waals surface area contributed by atoms with Crippen molar-refractivity contribution in [1.82, 2.24) is 10.6 Å². The summed E-state index contributed by atoms with van der Waals surface area (Å²) in [5.41, 5.74) is -1.15. The Labute approximate surface area is 166 Å². The lowest BCUT2D eigenvalue weighted by atomic mass is 10.1. The second-order valence-electron chi connectivity index (χ2n) is 5.87. The highest BCUT2D eigenvalue weighted by Crippen LogP contribution is 2.32. The molecule has 1 unspecified atom stereocenters. The molecule has 11 heteroatoms. The fourth-order valence-electron chi connectivity index (χ4n) is 2.64. The van der Waals surface area contributed by atoms with Crippen molar-refractivity contribution in [3.63, 3.8) is 0 Å². The number of rotatable bonds is 4. The Morgan fingerprint density at radius 2 is 2.00 bits per heavy atom. The standard InChI is InChI=1S/C15H19F4N3O2S.HI/c1-20-14(21-7-10-4-5-25(23,24)9-10)22-8-11-2-3-12(16)6-13(11)15(17,18)19;/h2-3,6,10H,4-5,7-9H2,1H3,(H2,20,21,22);1H. The smallest absolute Gasteiger partial charge is 0.356 e. The molecule has 2 rings (SSSR count). The molecule has 5 nitrogen and oxygen atoms in total. The fourth-order valence-corrected chi connectivity index (χ4v) is 4.50. The van der Waals surface area contributed by atoms with Gasteiger partial charge in [0.15, 0.2) is 15.8 Å². The van der Waals surface area contributed by atoms with Crippen LogP contribution in [-0.2, 0) is 22.6 Å². The Kier molecular flexibility index (Phi) is 8.11. The van der Waals surface area contributed by atoms with Gasteiger partial charge in [-0.2, -0.15) is 13.2 Å². The van der Waals surface area contributed by atoms with E-state index in [9.17, 15) is 26.0 Å². The first-order chi connectivity index (χ1) is 11.6. The Bertz CT molecular complexity index is 754. The highest BCUT2D eigenvalue weighted by Gasteiger charge is 2.33. The van der Waals surface area contributed by atoms with E-state index < -0.39 is 27.4 Å². The lowest BCUT2D eigenvalue weighted by molar-refractivity contribution is -0.138. The van der Waals surface area contributed by atoms with Gasteiger partial charge in [0.1, 0.15) is 5.82 Å². The summed E-state index contributed by atoms with van der Waals surface area (Å²) in [6, 6.07) is 2.49. The molecular weight excluding hydrogens is 489 g/mol. The van der Waals surface area contributed by atoms with Crippen LogP contribution in [0.15, 0.2) is 23.2 Å². The lowest BCUT2D eigenvalue weighted by Gasteiger charge is -2.17. The monoisotopic (exact) mass is 509 g/mol. The van der Waals surface area contributed by atoms with E-state index in [-0.39, 0.29) is 59.5 Å². The number of halogens is 5. The zero-order chi connectivity index (χ0) is 18.7. The van der Waals surface area contributed by atoms with E-state index in [4.69, 9.17) is 0 Å². The predicted molar refractivity (Wildman–Crippen MR) is 102 cm³/mol. The van der Waals surface area contributed by atoms with Crippen molar-refractivity contribution in [3.05, 3.63) is 35.1 Å². The molecule has 148 valence electrons. The summed E-state index contributed by atoms with van der Waals surface area (Å²) >= 11 is 0. The molecule has 0 bridgehead atoms. The van der Waals surface area contributed by atoms with Crippen LogP contribution in [-0.4, -0.2) is 39.5 Å². The quantitative estimate of drug-likeness (QED) is 0.284. The zero-order valence-electron chi connectivity index (χ0n) is 13.9. The number of hydrogen-bond donors (Lipinski definition) is 2. The summed E-state index contributed by atoms with van der Waals surface area (Å²) in [5, 5.41) is 5.64. The Balaban J connectivity index is 0.00000338. The first-order valence-electron chi connectivity index (χ1n) is 7.61. The minimum Gasteiger partial charge on any atom is -0.356 e. The van der Waals surface area contributed by atoms with Crippen molar-refractivity contribution in [2.45, 2.75) is 19.1 Å².